The van der Waals surface area contributed by atoms with Crippen molar-refractivity contribution in [3.63, 3.8) is 0 Å². The van der Waals surface area contributed by atoms with Gasteiger partial charge in [-0.1, -0.05) is 0 Å². The summed E-state index contributed by atoms with van der Waals surface area (Å²) in [5, 5.41) is 23.4. The lowest BCUT2D eigenvalue weighted by atomic mass is 9.99. The van der Waals surface area contributed by atoms with Crippen molar-refractivity contribution in [2.24, 2.45) is 5.73 Å². The number of methoxy groups -OCH3 is 2. The summed E-state index contributed by atoms with van der Waals surface area (Å²) in [6.07, 6.45) is -0.792. The molecule has 0 saturated heterocycles. The number of nitro groups is 1. The summed E-state index contributed by atoms with van der Waals surface area (Å²) >= 11 is 0. The van der Waals surface area contributed by atoms with Gasteiger partial charge in [-0.3, -0.25) is 20.1 Å². The number of esters is 1. The molecular formula is C25H31FN4O9. The van der Waals surface area contributed by atoms with Crippen LogP contribution in [0.2, 0.25) is 0 Å². The third kappa shape index (κ3) is 8.61. The predicted octanol–water partition coefficient (Wildman–Crippen LogP) is 2.64. The van der Waals surface area contributed by atoms with Crippen LogP contribution in [0, 0.1) is 15.9 Å². The summed E-state index contributed by atoms with van der Waals surface area (Å²) in [7, 11) is 2.67. The molecule has 2 atom stereocenters. The molecule has 0 bridgehead atoms. The van der Waals surface area contributed by atoms with Crippen LogP contribution >= 0.6 is 0 Å². The molecule has 14 heteroatoms. The molecule has 0 aliphatic carbocycles. The van der Waals surface area contributed by atoms with Crippen molar-refractivity contribution in [3.05, 3.63) is 63.5 Å². The fourth-order valence-electron chi connectivity index (χ4n) is 3.56. The van der Waals surface area contributed by atoms with Gasteiger partial charge in [0.1, 0.15) is 23.2 Å². The lowest BCUT2D eigenvalue weighted by molar-refractivity contribution is -0.385. The Hall–Kier alpha value is -4.30. The fourth-order valence-corrected chi connectivity index (χ4v) is 3.56. The van der Waals surface area contributed by atoms with Crippen LogP contribution in [0.1, 0.15) is 31.9 Å². The first kappa shape index (κ1) is 30.9. The average molecular weight is 551 g/mol. The fraction of sp³-hybridized carbons (Fsp3) is 0.400. The SMILES string of the molecule is COC(=O)[C@H](Cc1cc(F)ccc1[N+](=O)[O-])NC(=O)OC(C)(C)C.COc1ccc2c(c1)C[C@H](N)C(=O)N2O. The topological polar surface area (TPSA) is 184 Å². The molecule has 4 N–H and O–H groups in total. The Balaban J connectivity index is 0.000000302. The molecule has 2 aromatic rings. The zero-order valence-electron chi connectivity index (χ0n) is 22.1. The van der Waals surface area contributed by atoms with Crippen molar-refractivity contribution in [1.82, 2.24) is 5.32 Å². The van der Waals surface area contributed by atoms with Gasteiger partial charge in [0, 0.05) is 18.1 Å². The first-order chi connectivity index (χ1) is 18.2. The van der Waals surface area contributed by atoms with Crippen molar-refractivity contribution in [3.8, 4) is 5.75 Å². The summed E-state index contributed by atoms with van der Waals surface area (Å²) in [5.41, 5.74) is 5.66. The second kappa shape index (κ2) is 13.0. The van der Waals surface area contributed by atoms with Gasteiger partial charge in [0.15, 0.2) is 0 Å². The van der Waals surface area contributed by atoms with E-state index in [1.54, 1.807) is 46.1 Å². The van der Waals surface area contributed by atoms with E-state index in [2.05, 4.69) is 10.1 Å². The molecule has 3 rings (SSSR count). The maximum absolute atomic E-state index is 13.4. The molecule has 0 aromatic heterocycles. The number of nitrogens with one attached hydrogen (secondary N) is 1. The minimum Gasteiger partial charge on any atom is -0.497 e. The van der Waals surface area contributed by atoms with Crippen LogP contribution in [0.25, 0.3) is 0 Å². The minimum atomic E-state index is -1.26. The van der Waals surface area contributed by atoms with E-state index < -0.39 is 46.4 Å². The number of benzene rings is 2. The van der Waals surface area contributed by atoms with Gasteiger partial charge in [-0.15, -0.1) is 0 Å². The number of carbonyl (C=O) groups excluding carboxylic acids is 3. The number of anilines is 1. The highest BCUT2D eigenvalue weighted by Gasteiger charge is 2.30. The Bertz CT molecular complexity index is 1230. The molecule has 1 aliphatic rings. The van der Waals surface area contributed by atoms with Crippen LogP contribution in [0.15, 0.2) is 36.4 Å². The van der Waals surface area contributed by atoms with Gasteiger partial charge in [-0.05, 0) is 63.1 Å². The Morgan fingerprint density at radius 3 is 2.49 bits per heavy atom. The number of carbonyl (C=O) groups is 3. The van der Waals surface area contributed by atoms with E-state index >= 15 is 0 Å². The van der Waals surface area contributed by atoms with Crippen LogP contribution in [0.3, 0.4) is 0 Å². The van der Waals surface area contributed by atoms with E-state index in [0.29, 0.717) is 22.9 Å². The number of alkyl carbamates (subject to hydrolysis) is 1. The molecule has 0 fully saturated rings. The van der Waals surface area contributed by atoms with Gasteiger partial charge in [-0.25, -0.2) is 14.0 Å². The molecule has 0 spiro atoms. The van der Waals surface area contributed by atoms with Crippen molar-refractivity contribution < 1.29 is 43.1 Å². The number of halogens is 1. The standard InChI is InChI=1S/C15H19FN2O6.C10H12N2O3/c1-15(2,3)24-14(20)17-11(13(19)23-4)8-9-7-10(16)5-6-12(9)18(21)22;1-15-7-2-3-9-6(4-7)5-8(11)10(13)12(9)14/h5-7,11H,8H2,1-4H3,(H,17,20);2-4,8,14H,5,11H2,1H3/t11-;8-/m00/s1. The van der Waals surface area contributed by atoms with Gasteiger partial charge >= 0.3 is 12.1 Å². The van der Waals surface area contributed by atoms with Crippen molar-refractivity contribution in [1.29, 1.82) is 0 Å². The van der Waals surface area contributed by atoms with Gasteiger partial charge in [0.2, 0.25) is 0 Å². The maximum atomic E-state index is 13.4. The Morgan fingerprint density at radius 2 is 1.92 bits per heavy atom. The molecular weight excluding hydrogens is 519 g/mol. The molecule has 13 nitrogen and oxygen atoms in total. The normalized spacial score (nSPS) is 15.2. The van der Waals surface area contributed by atoms with E-state index in [0.717, 1.165) is 30.9 Å². The number of nitrogens with two attached hydrogens (primary N) is 1. The second-order valence-corrected chi connectivity index (χ2v) is 9.41. The van der Waals surface area contributed by atoms with Crippen molar-refractivity contribution in [2.45, 2.75) is 51.3 Å². The van der Waals surface area contributed by atoms with Crippen LogP contribution in [-0.2, 0) is 31.9 Å². The number of nitro benzene ring substituents is 1. The molecule has 0 unspecified atom stereocenters. The third-order valence-electron chi connectivity index (χ3n) is 5.32. The molecule has 2 amide bonds. The molecule has 1 heterocycles. The number of nitrogens with zero attached hydrogens (tertiary/aromatic N) is 2. The number of hydroxylamine groups is 1. The summed E-state index contributed by atoms with van der Waals surface area (Å²) < 4.78 is 28.0. The second-order valence-electron chi connectivity index (χ2n) is 9.41. The van der Waals surface area contributed by atoms with Gasteiger partial charge in [0.25, 0.3) is 11.6 Å². The largest absolute Gasteiger partial charge is 0.497 e. The van der Waals surface area contributed by atoms with Gasteiger partial charge < -0.3 is 25.3 Å². The minimum absolute atomic E-state index is 0.0496. The Labute approximate surface area is 223 Å². The van der Waals surface area contributed by atoms with Crippen LogP contribution in [0.4, 0.5) is 20.6 Å². The number of hydrogen-bond acceptors (Lipinski definition) is 10. The van der Waals surface area contributed by atoms with E-state index in [4.69, 9.17) is 15.2 Å². The van der Waals surface area contributed by atoms with Crippen molar-refractivity contribution >= 4 is 29.3 Å². The highest BCUT2D eigenvalue weighted by Crippen LogP contribution is 2.29. The lowest BCUT2D eigenvalue weighted by Gasteiger charge is -2.27. The summed E-state index contributed by atoms with van der Waals surface area (Å²) in [6, 6.07) is 6.02. The molecule has 0 saturated carbocycles. The molecule has 1 aliphatic heterocycles. The highest BCUT2D eigenvalue weighted by molar-refractivity contribution is 5.98. The number of rotatable bonds is 6. The van der Waals surface area contributed by atoms with E-state index in [1.165, 1.54) is 0 Å². The number of amides is 2. The first-order valence-corrected chi connectivity index (χ1v) is 11.6. The Morgan fingerprint density at radius 1 is 1.26 bits per heavy atom. The van der Waals surface area contributed by atoms with E-state index in [1.807, 2.05) is 0 Å². The van der Waals surface area contributed by atoms with Gasteiger partial charge in [0.05, 0.1) is 30.9 Å². The smallest absolute Gasteiger partial charge is 0.408 e. The van der Waals surface area contributed by atoms with E-state index in [-0.39, 0.29) is 17.7 Å². The monoisotopic (exact) mass is 550 g/mol. The average Bonchev–Trinajstić information content (AvgIpc) is 2.85. The summed E-state index contributed by atoms with van der Waals surface area (Å²) in [5.74, 6) is -1.33. The van der Waals surface area contributed by atoms with Crippen LogP contribution < -0.4 is 20.9 Å². The van der Waals surface area contributed by atoms with E-state index in [9.17, 15) is 34.1 Å². The number of fused-ring (bicyclic) bond motifs is 1. The summed E-state index contributed by atoms with van der Waals surface area (Å²) in [6.45, 7) is 4.91. The third-order valence-corrected chi connectivity index (χ3v) is 5.32. The highest BCUT2D eigenvalue weighted by atomic mass is 19.1. The first-order valence-electron chi connectivity index (χ1n) is 11.6. The van der Waals surface area contributed by atoms with Gasteiger partial charge in [-0.2, -0.15) is 5.06 Å². The Kier molecular flexibility index (Phi) is 10.3. The van der Waals surface area contributed by atoms with Crippen LogP contribution in [0.5, 0.6) is 5.75 Å². The zero-order chi connectivity index (χ0) is 29.5. The molecule has 212 valence electrons. The molecule has 0 radical (unpaired) electrons. The predicted molar refractivity (Wildman–Crippen MR) is 136 cm³/mol. The van der Waals surface area contributed by atoms with Crippen LogP contribution in [-0.4, -0.2) is 60.0 Å². The summed E-state index contributed by atoms with van der Waals surface area (Å²) in [4.78, 5) is 45.3. The number of hydrogen-bond donors (Lipinski definition) is 3. The zero-order valence-corrected chi connectivity index (χ0v) is 22.1. The number of ether oxygens (including phenoxy) is 3. The lowest BCUT2D eigenvalue weighted by Crippen LogP contribution is -2.47. The quantitative estimate of drug-likeness (QED) is 0.209. The molecule has 39 heavy (non-hydrogen) atoms. The van der Waals surface area contributed by atoms with Crippen molar-refractivity contribution in [2.75, 3.05) is 19.3 Å². The molecule has 2 aromatic carbocycles. The maximum Gasteiger partial charge on any atom is 0.408 e.